The molecule has 20 heavy (non-hydrogen) atoms. The molecule has 0 radical (unpaired) electrons. The van der Waals surface area contributed by atoms with E-state index in [4.69, 9.17) is 0 Å². The molecule has 2 N–H and O–H groups in total. The second-order valence-electron chi connectivity index (χ2n) is 4.54. The summed E-state index contributed by atoms with van der Waals surface area (Å²) in [7, 11) is 0. The molecule has 2 aromatic carbocycles. The summed E-state index contributed by atoms with van der Waals surface area (Å²) in [6.07, 6.45) is 0. The first-order chi connectivity index (χ1) is 9.65. The highest BCUT2D eigenvalue weighted by molar-refractivity contribution is 9.10. The third kappa shape index (κ3) is 2.32. The van der Waals surface area contributed by atoms with Crippen LogP contribution in [0.1, 0.15) is 16.1 Å². The number of amides is 1. The highest BCUT2D eigenvalue weighted by atomic mass is 79.9. The number of H-pyrrole nitrogens is 1. The highest BCUT2D eigenvalue weighted by Gasteiger charge is 2.14. The molecule has 3 rings (SSSR count). The van der Waals surface area contributed by atoms with Crippen molar-refractivity contribution in [2.45, 2.75) is 6.92 Å². The van der Waals surface area contributed by atoms with Crippen LogP contribution in [0.5, 0.6) is 0 Å². The van der Waals surface area contributed by atoms with E-state index in [0.717, 1.165) is 26.6 Å². The standard InChI is InChI=1S/C15H12BrN3O/c1-9-8-10(6-7-12(9)16)17-15(20)14-11-4-2-3-5-13(11)18-19-14/h2-8H,1H3,(H,17,20)(H,18,19). The normalized spacial score (nSPS) is 10.7. The number of aromatic amines is 1. The van der Waals surface area contributed by atoms with Crippen LogP contribution in [-0.2, 0) is 0 Å². The van der Waals surface area contributed by atoms with Gasteiger partial charge in [-0.05, 0) is 36.8 Å². The Balaban J connectivity index is 1.91. The van der Waals surface area contributed by atoms with Crippen molar-refractivity contribution in [2.24, 2.45) is 0 Å². The van der Waals surface area contributed by atoms with Gasteiger partial charge in [0.05, 0.1) is 5.52 Å². The maximum Gasteiger partial charge on any atom is 0.276 e. The molecule has 0 unspecified atom stereocenters. The van der Waals surface area contributed by atoms with Gasteiger partial charge in [0.2, 0.25) is 0 Å². The predicted octanol–water partition coefficient (Wildman–Crippen LogP) is 3.89. The molecule has 5 heteroatoms. The summed E-state index contributed by atoms with van der Waals surface area (Å²) in [5, 5.41) is 10.6. The quantitative estimate of drug-likeness (QED) is 0.749. The Morgan fingerprint density at radius 3 is 2.85 bits per heavy atom. The van der Waals surface area contributed by atoms with E-state index in [-0.39, 0.29) is 5.91 Å². The highest BCUT2D eigenvalue weighted by Crippen LogP contribution is 2.21. The zero-order valence-corrected chi connectivity index (χ0v) is 12.4. The molecule has 0 aliphatic carbocycles. The average Bonchev–Trinajstić information content (AvgIpc) is 2.87. The van der Waals surface area contributed by atoms with Crippen molar-refractivity contribution in [3.8, 4) is 0 Å². The Hall–Kier alpha value is -2.14. The summed E-state index contributed by atoms with van der Waals surface area (Å²) in [4.78, 5) is 12.3. The van der Waals surface area contributed by atoms with Crippen molar-refractivity contribution in [1.82, 2.24) is 10.2 Å². The molecular formula is C15H12BrN3O. The van der Waals surface area contributed by atoms with Crippen LogP contribution >= 0.6 is 15.9 Å². The Labute approximate surface area is 124 Å². The molecule has 0 spiro atoms. The number of nitrogens with zero attached hydrogens (tertiary/aromatic N) is 1. The van der Waals surface area contributed by atoms with Gasteiger partial charge in [-0.3, -0.25) is 9.89 Å². The molecule has 1 heterocycles. The molecule has 0 saturated carbocycles. The van der Waals surface area contributed by atoms with E-state index in [1.54, 1.807) is 0 Å². The van der Waals surface area contributed by atoms with Crippen LogP contribution in [0.3, 0.4) is 0 Å². The average molecular weight is 330 g/mol. The molecule has 4 nitrogen and oxygen atoms in total. The second kappa shape index (κ2) is 5.09. The van der Waals surface area contributed by atoms with Crippen LogP contribution in [0, 0.1) is 6.92 Å². The Kier molecular flexibility index (Phi) is 3.28. The summed E-state index contributed by atoms with van der Waals surface area (Å²) >= 11 is 3.44. The molecule has 0 saturated heterocycles. The maximum absolute atomic E-state index is 12.3. The first-order valence-corrected chi connectivity index (χ1v) is 6.95. The van der Waals surface area contributed by atoms with Crippen molar-refractivity contribution in [2.75, 3.05) is 5.32 Å². The number of hydrogen-bond donors (Lipinski definition) is 2. The lowest BCUT2D eigenvalue weighted by molar-refractivity contribution is 0.102. The second-order valence-corrected chi connectivity index (χ2v) is 5.39. The van der Waals surface area contributed by atoms with Crippen LogP contribution in [0.15, 0.2) is 46.9 Å². The number of rotatable bonds is 2. The van der Waals surface area contributed by atoms with Crippen molar-refractivity contribution in [3.63, 3.8) is 0 Å². The molecule has 0 bridgehead atoms. The number of benzene rings is 2. The first-order valence-electron chi connectivity index (χ1n) is 6.16. The molecule has 0 atom stereocenters. The van der Waals surface area contributed by atoms with Crippen LogP contribution in [0.25, 0.3) is 10.9 Å². The summed E-state index contributed by atoms with van der Waals surface area (Å²) in [6, 6.07) is 13.2. The number of hydrogen-bond acceptors (Lipinski definition) is 2. The lowest BCUT2D eigenvalue weighted by Gasteiger charge is -2.05. The third-order valence-corrected chi connectivity index (χ3v) is 3.99. The molecule has 0 aliphatic heterocycles. The minimum atomic E-state index is -0.218. The van der Waals surface area contributed by atoms with Crippen molar-refractivity contribution < 1.29 is 4.79 Å². The van der Waals surface area contributed by atoms with Gasteiger partial charge >= 0.3 is 0 Å². The zero-order valence-electron chi connectivity index (χ0n) is 10.8. The Morgan fingerprint density at radius 2 is 2.05 bits per heavy atom. The first kappa shape index (κ1) is 12.9. The Morgan fingerprint density at radius 1 is 1.25 bits per heavy atom. The van der Waals surface area contributed by atoms with E-state index in [9.17, 15) is 4.79 Å². The maximum atomic E-state index is 12.3. The van der Waals surface area contributed by atoms with Crippen molar-refractivity contribution in [3.05, 3.63) is 58.2 Å². The van der Waals surface area contributed by atoms with E-state index in [1.165, 1.54) is 0 Å². The fraction of sp³-hybridized carbons (Fsp3) is 0.0667. The number of nitrogens with one attached hydrogen (secondary N) is 2. The number of aryl methyl sites for hydroxylation is 1. The van der Waals surface area contributed by atoms with Crippen LogP contribution in [0.2, 0.25) is 0 Å². The smallest absolute Gasteiger partial charge is 0.276 e. The number of halogens is 1. The topological polar surface area (TPSA) is 57.8 Å². The van der Waals surface area contributed by atoms with Crippen LogP contribution in [0.4, 0.5) is 5.69 Å². The SMILES string of the molecule is Cc1cc(NC(=O)c2n[nH]c3ccccc23)ccc1Br. The van der Waals surface area contributed by atoms with Gasteiger partial charge in [-0.1, -0.05) is 34.1 Å². The van der Waals surface area contributed by atoms with E-state index >= 15 is 0 Å². The van der Waals surface area contributed by atoms with Gasteiger partial charge in [0, 0.05) is 15.5 Å². The van der Waals surface area contributed by atoms with Crippen molar-refractivity contribution >= 4 is 38.4 Å². The lowest BCUT2D eigenvalue weighted by atomic mass is 10.2. The largest absolute Gasteiger partial charge is 0.321 e. The minimum absolute atomic E-state index is 0.218. The summed E-state index contributed by atoms with van der Waals surface area (Å²) in [6.45, 7) is 1.98. The number of carbonyl (C=O) groups is 1. The minimum Gasteiger partial charge on any atom is -0.321 e. The molecule has 0 fully saturated rings. The monoisotopic (exact) mass is 329 g/mol. The molecule has 0 aliphatic rings. The third-order valence-electron chi connectivity index (χ3n) is 3.10. The van der Waals surface area contributed by atoms with Crippen LogP contribution < -0.4 is 5.32 Å². The lowest BCUT2D eigenvalue weighted by Crippen LogP contribution is -2.12. The summed E-state index contributed by atoms with van der Waals surface area (Å²) in [5.41, 5.74) is 3.07. The number of para-hydroxylation sites is 1. The van der Waals surface area contributed by atoms with E-state index in [1.807, 2.05) is 49.4 Å². The van der Waals surface area contributed by atoms with Gasteiger partial charge in [0.25, 0.3) is 5.91 Å². The van der Waals surface area contributed by atoms with Gasteiger partial charge in [-0.2, -0.15) is 5.10 Å². The van der Waals surface area contributed by atoms with Gasteiger partial charge in [-0.25, -0.2) is 0 Å². The molecule has 3 aromatic rings. The van der Waals surface area contributed by atoms with E-state index in [2.05, 4.69) is 31.4 Å². The van der Waals surface area contributed by atoms with E-state index < -0.39 is 0 Å². The number of anilines is 1. The summed E-state index contributed by atoms with van der Waals surface area (Å²) in [5.74, 6) is -0.218. The van der Waals surface area contributed by atoms with Gasteiger partial charge in [0.15, 0.2) is 5.69 Å². The van der Waals surface area contributed by atoms with Gasteiger partial charge in [0.1, 0.15) is 0 Å². The molecule has 1 amide bonds. The molecule has 1 aromatic heterocycles. The number of aromatic nitrogens is 2. The number of carbonyl (C=O) groups excluding carboxylic acids is 1. The van der Waals surface area contributed by atoms with E-state index in [0.29, 0.717) is 5.69 Å². The summed E-state index contributed by atoms with van der Waals surface area (Å²) < 4.78 is 1.01. The fourth-order valence-corrected chi connectivity index (χ4v) is 2.30. The molecule has 100 valence electrons. The number of fused-ring (bicyclic) bond motifs is 1. The van der Waals surface area contributed by atoms with Crippen molar-refractivity contribution in [1.29, 1.82) is 0 Å². The predicted molar refractivity (Wildman–Crippen MR) is 82.9 cm³/mol. The Bertz CT molecular complexity index is 795. The van der Waals surface area contributed by atoms with Gasteiger partial charge < -0.3 is 5.32 Å². The zero-order chi connectivity index (χ0) is 14.1. The fourth-order valence-electron chi connectivity index (χ4n) is 2.05. The molecular weight excluding hydrogens is 318 g/mol. The van der Waals surface area contributed by atoms with Crippen LogP contribution in [-0.4, -0.2) is 16.1 Å². The van der Waals surface area contributed by atoms with Gasteiger partial charge in [-0.15, -0.1) is 0 Å².